The topological polar surface area (TPSA) is 32.3 Å². The van der Waals surface area contributed by atoms with E-state index in [-0.39, 0.29) is 0 Å². The molecule has 2 atom stereocenters. The van der Waals surface area contributed by atoms with Crippen LogP contribution in [0, 0.1) is 11.8 Å². The lowest BCUT2D eigenvalue weighted by molar-refractivity contribution is -0.134. The predicted octanol–water partition coefficient (Wildman–Crippen LogP) is 0.217. The monoisotopic (exact) mass is 180 g/mol. The first-order valence-electron chi connectivity index (χ1n) is 5.35. The molecule has 13 heavy (non-hydrogen) atoms. The first-order chi connectivity index (χ1) is 6.34. The van der Waals surface area contributed by atoms with Crippen molar-refractivity contribution >= 4 is 5.91 Å². The number of carbonyl (C=O) groups is 1. The van der Waals surface area contributed by atoms with Gasteiger partial charge in [-0.05, 0) is 31.1 Å². The lowest BCUT2D eigenvalue weighted by atomic mass is 10.1. The van der Waals surface area contributed by atoms with Crippen LogP contribution in [0.1, 0.15) is 19.3 Å². The highest BCUT2D eigenvalue weighted by atomic mass is 16.2. The van der Waals surface area contributed by atoms with Gasteiger partial charge in [0.2, 0.25) is 5.91 Å². The average molecular weight is 180 g/mol. The Morgan fingerprint density at radius 2 is 2.00 bits per heavy atom. The minimum absolute atomic E-state index is 0.317. The van der Waals surface area contributed by atoms with Gasteiger partial charge in [0.05, 0.1) is 6.54 Å². The number of nitrogens with one attached hydrogen (secondary N) is 1. The summed E-state index contributed by atoms with van der Waals surface area (Å²) < 4.78 is 0. The first kappa shape index (κ1) is 7.80. The number of fused-ring (bicyclic) bond motifs is 1. The van der Waals surface area contributed by atoms with Gasteiger partial charge in [-0.2, -0.15) is 0 Å². The number of nitrogens with zero attached hydrogens (tertiary/aromatic N) is 1. The smallest absolute Gasteiger partial charge is 0.236 e. The van der Waals surface area contributed by atoms with Crippen molar-refractivity contribution in [3.63, 3.8) is 0 Å². The van der Waals surface area contributed by atoms with Gasteiger partial charge in [0.1, 0.15) is 0 Å². The number of hydrogen-bond acceptors (Lipinski definition) is 2. The molecule has 3 nitrogen and oxygen atoms in total. The molecule has 3 aliphatic rings. The molecule has 1 amide bonds. The van der Waals surface area contributed by atoms with Gasteiger partial charge < -0.3 is 10.2 Å². The summed E-state index contributed by atoms with van der Waals surface area (Å²) in [5.74, 6) is 2.28. The van der Waals surface area contributed by atoms with Crippen molar-refractivity contribution in [2.24, 2.45) is 11.8 Å². The summed E-state index contributed by atoms with van der Waals surface area (Å²) >= 11 is 0. The molecule has 0 unspecified atom stereocenters. The number of rotatable bonds is 1. The van der Waals surface area contributed by atoms with Gasteiger partial charge in [0.15, 0.2) is 0 Å². The Balaban J connectivity index is 1.66. The van der Waals surface area contributed by atoms with Crippen molar-refractivity contribution in [1.82, 2.24) is 10.2 Å². The molecule has 0 radical (unpaired) electrons. The molecule has 1 N–H and O–H groups in total. The van der Waals surface area contributed by atoms with E-state index < -0.39 is 0 Å². The Kier molecular flexibility index (Phi) is 1.62. The maximum absolute atomic E-state index is 11.6. The van der Waals surface area contributed by atoms with Crippen molar-refractivity contribution in [1.29, 1.82) is 0 Å². The van der Waals surface area contributed by atoms with E-state index >= 15 is 0 Å². The fraction of sp³-hybridized carbons (Fsp3) is 0.900. The SMILES string of the molecule is O=C1CNCCN1C1C[C@H]2C[C@@H]2C1. The van der Waals surface area contributed by atoms with Crippen molar-refractivity contribution in [3.05, 3.63) is 0 Å². The van der Waals surface area contributed by atoms with Gasteiger partial charge in [-0.15, -0.1) is 0 Å². The molecule has 1 aliphatic heterocycles. The van der Waals surface area contributed by atoms with Gasteiger partial charge in [-0.25, -0.2) is 0 Å². The highest BCUT2D eigenvalue weighted by Crippen LogP contribution is 2.53. The van der Waals surface area contributed by atoms with Crippen LogP contribution in [-0.4, -0.2) is 36.5 Å². The molecular weight excluding hydrogens is 164 g/mol. The Bertz CT molecular complexity index is 231. The van der Waals surface area contributed by atoms with E-state index in [1.165, 1.54) is 19.3 Å². The Hall–Kier alpha value is -0.570. The fourth-order valence-corrected chi connectivity index (χ4v) is 2.94. The fourth-order valence-electron chi connectivity index (χ4n) is 2.94. The van der Waals surface area contributed by atoms with Gasteiger partial charge in [-0.3, -0.25) is 4.79 Å². The average Bonchev–Trinajstić information content (AvgIpc) is 2.75. The van der Waals surface area contributed by atoms with Gasteiger partial charge in [0.25, 0.3) is 0 Å². The molecular formula is C10H16N2O. The lowest BCUT2D eigenvalue weighted by Crippen LogP contribution is -2.52. The minimum atomic E-state index is 0.317. The number of hydrogen-bond donors (Lipinski definition) is 1. The van der Waals surface area contributed by atoms with Gasteiger partial charge in [0, 0.05) is 19.1 Å². The van der Waals surface area contributed by atoms with Crippen molar-refractivity contribution < 1.29 is 4.79 Å². The molecule has 0 spiro atoms. The molecule has 2 aliphatic carbocycles. The van der Waals surface area contributed by atoms with E-state index in [9.17, 15) is 4.79 Å². The molecule has 3 fully saturated rings. The number of carbonyl (C=O) groups excluding carboxylic acids is 1. The summed E-state index contributed by atoms with van der Waals surface area (Å²) in [6.45, 7) is 2.48. The predicted molar refractivity (Wildman–Crippen MR) is 49.2 cm³/mol. The van der Waals surface area contributed by atoms with E-state index in [0.29, 0.717) is 18.5 Å². The zero-order valence-electron chi connectivity index (χ0n) is 7.83. The normalized spacial score (nSPS) is 39.4. The Morgan fingerprint density at radius 3 is 2.69 bits per heavy atom. The van der Waals surface area contributed by atoms with Crippen LogP contribution in [-0.2, 0) is 4.79 Å². The molecule has 3 rings (SSSR count). The molecule has 0 aromatic carbocycles. The van der Waals surface area contributed by atoms with Crippen LogP contribution in [0.4, 0.5) is 0 Å². The van der Waals surface area contributed by atoms with Crippen LogP contribution in [0.5, 0.6) is 0 Å². The van der Waals surface area contributed by atoms with Crippen molar-refractivity contribution in [2.75, 3.05) is 19.6 Å². The molecule has 3 heteroatoms. The Morgan fingerprint density at radius 1 is 1.23 bits per heavy atom. The van der Waals surface area contributed by atoms with E-state index in [0.717, 1.165) is 24.9 Å². The summed E-state index contributed by atoms with van der Waals surface area (Å²) in [6, 6.07) is 0.596. The van der Waals surface area contributed by atoms with E-state index in [2.05, 4.69) is 10.2 Å². The molecule has 0 aromatic heterocycles. The van der Waals surface area contributed by atoms with Crippen LogP contribution < -0.4 is 5.32 Å². The third-order valence-corrected chi connectivity index (χ3v) is 3.79. The molecule has 72 valence electrons. The van der Waals surface area contributed by atoms with Crippen LogP contribution >= 0.6 is 0 Å². The quantitative estimate of drug-likeness (QED) is 0.626. The van der Waals surface area contributed by atoms with Crippen LogP contribution in [0.25, 0.3) is 0 Å². The maximum atomic E-state index is 11.6. The summed E-state index contributed by atoms with van der Waals surface area (Å²) in [5.41, 5.74) is 0. The molecule has 1 heterocycles. The molecule has 0 bridgehead atoms. The Labute approximate surface area is 78.5 Å². The van der Waals surface area contributed by atoms with Crippen LogP contribution in [0.15, 0.2) is 0 Å². The zero-order valence-corrected chi connectivity index (χ0v) is 7.83. The zero-order chi connectivity index (χ0) is 8.84. The third kappa shape index (κ3) is 1.26. The molecule has 0 aromatic rings. The van der Waals surface area contributed by atoms with Gasteiger partial charge in [-0.1, -0.05) is 0 Å². The second-order valence-electron chi connectivity index (χ2n) is 4.64. The summed E-state index contributed by atoms with van der Waals surface area (Å²) in [7, 11) is 0. The van der Waals surface area contributed by atoms with Gasteiger partial charge >= 0.3 is 0 Å². The highest BCUT2D eigenvalue weighted by molar-refractivity contribution is 5.79. The van der Waals surface area contributed by atoms with Crippen molar-refractivity contribution in [2.45, 2.75) is 25.3 Å². The van der Waals surface area contributed by atoms with Crippen LogP contribution in [0.3, 0.4) is 0 Å². The minimum Gasteiger partial charge on any atom is -0.337 e. The first-order valence-corrected chi connectivity index (χ1v) is 5.35. The highest BCUT2D eigenvalue weighted by Gasteiger charge is 2.48. The maximum Gasteiger partial charge on any atom is 0.236 e. The summed E-state index contributed by atoms with van der Waals surface area (Å²) in [4.78, 5) is 13.7. The van der Waals surface area contributed by atoms with Crippen LogP contribution in [0.2, 0.25) is 0 Å². The lowest BCUT2D eigenvalue weighted by Gasteiger charge is -2.33. The summed E-state index contributed by atoms with van der Waals surface area (Å²) in [6.07, 6.45) is 4.02. The molecule has 2 saturated carbocycles. The molecule has 1 saturated heterocycles. The second-order valence-corrected chi connectivity index (χ2v) is 4.64. The van der Waals surface area contributed by atoms with E-state index in [1.807, 2.05) is 0 Å². The van der Waals surface area contributed by atoms with E-state index in [1.54, 1.807) is 0 Å². The largest absolute Gasteiger partial charge is 0.337 e. The van der Waals surface area contributed by atoms with E-state index in [4.69, 9.17) is 0 Å². The standard InChI is InChI=1S/C10H16N2O/c13-10-6-11-1-2-12(10)9-4-7-3-8(7)5-9/h7-9,11H,1-6H2/t7-,8-/m1/s1. The third-order valence-electron chi connectivity index (χ3n) is 3.79. The second kappa shape index (κ2) is 2.71. The number of piperazine rings is 1. The summed E-state index contributed by atoms with van der Waals surface area (Å²) in [5, 5.41) is 3.12. The number of amides is 1. The van der Waals surface area contributed by atoms with Crippen molar-refractivity contribution in [3.8, 4) is 0 Å².